The van der Waals surface area contributed by atoms with E-state index >= 15 is 0 Å². The number of carbonyl (C=O) groups excluding carboxylic acids is 1. The van der Waals surface area contributed by atoms with Crippen molar-refractivity contribution < 1.29 is 14.6 Å². The molecule has 4 rings (SSSR count). The van der Waals surface area contributed by atoms with Gasteiger partial charge in [0.15, 0.2) is 5.82 Å². The Morgan fingerprint density at radius 3 is 2.35 bits per heavy atom. The third kappa shape index (κ3) is 3.02. The number of rotatable bonds is 4. The van der Waals surface area contributed by atoms with Gasteiger partial charge in [0.05, 0.1) is 24.7 Å². The predicted octanol–water partition coefficient (Wildman–Crippen LogP) is 3.33. The maximum atomic E-state index is 12.1. The first-order valence-electron chi connectivity index (χ1n) is 8.30. The Balaban J connectivity index is 1.48. The Hall–Kier alpha value is -3.25. The van der Waals surface area contributed by atoms with E-state index in [1.54, 1.807) is 0 Å². The van der Waals surface area contributed by atoms with Crippen LogP contribution in [0, 0.1) is 0 Å². The zero-order valence-electron chi connectivity index (χ0n) is 13.9. The molecule has 0 unspecified atom stereocenters. The Kier molecular flexibility index (Phi) is 4.33. The summed E-state index contributed by atoms with van der Waals surface area (Å²) in [6, 6.07) is 16.3. The molecule has 0 spiro atoms. The zero-order chi connectivity index (χ0) is 17.9. The van der Waals surface area contributed by atoms with Gasteiger partial charge in [-0.05, 0) is 22.3 Å². The molecule has 6 heteroatoms. The number of aliphatic hydroxyl groups is 1. The van der Waals surface area contributed by atoms with Crippen LogP contribution in [-0.4, -0.2) is 27.8 Å². The Morgan fingerprint density at radius 2 is 1.69 bits per heavy atom. The topological polar surface area (TPSA) is 84.3 Å². The van der Waals surface area contributed by atoms with Gasteiger partial charge in [-0.1, -0.05) is 48.5 Å². The average Bonchev–Trinajstić information content (AvgIpc) is 3.00. The molecule has 1 amide bonds. The van der Waals surface area contributed by atoms with Gasteiger partial charge in [-0.25, -0.2) is 9.78 Å². The van der Waals surface area contributed by atoms with Crippen LogP contribution in [0.2, 0.25) is 0 Å². The largest absolute Gasteiger partial charge is 0.448 e. The van der Waals surface area contributed by atoms with Crippen LogP contribution in [-0.2, 0) is 11.3 Å². The Labute approximate surface area is 150 Å². The molecule has 130 valence electrons. The smallest absolute Gasteiger partial charge is 0.412 e. The lowest BCUT2D eigenvalue weighted by molar-refractivity contribution is 0.158. The summed E-state index contributed by atoms with van der Waals surface area (Å²) < 4.78 is 5.44. The number of carbonyl (C=O) groups is 1. The number of nitrogens with zero attached hydrogens (tertiary/aromatic N) is 2. The number of aromatic nitrogens is 2. The maximum Gasteiger partial charge on any atom is 0.412 e. The number of benzene rings is 2. The summed E-state index contributed by atoms with van der Waals surface area (Å²) in [5.74, 6) is 0.247. The van der Waals surface area contributed by atoms with Gasteiger partial charge in [-0.3, -0.25) is 10.3 Å². The second-order valence-corrected chi connectivity index (χ2v) is 6.00. The first-order valence-corrected chi connectivity index (χ1v) is 8.30. The summed E-state index contributed by atoms with van der Waals surface area (Å²) in [6.07, 6.45) is 2.24. The molecule has 1 aromatic heterocycles. The van der Waals surface area contributed by atoms with E-state index in [9.17, 15) is 4.79 Å². The average molecular weight is 347 g/mol. The second-order valence-electron chi connectivity index (χ2n) is 6.00. The molecule has 0 aliphatic heterocycles. The van der Waals surface area contributed by atoms with E-state index in [4.69, 9.17) is 9.84 Å². The van der Waals surface area contributed by atoms with Crippen LogP contribution < -0.4 is 5.32 Å². The standard InChI is InChI=1S/C20H17N3O3/c24-11-13-9-21-10-19(22-13)23-20(25)26-12-18-16-7-3-1-5-14(16)15-6-2-4-8-17(15)18/h1-10,18,24H,11-12H2,(H,22,23,25). The normalized spacial score (nSPS) is 12.3. The molecule has 0 fully saturated rings. The molecule has 1 aliphatic rings. The van der Waals surface area contributed by atoms with E-state index in [0.29, 0.717) is 5.69 Å². The number of aliphatic hydroxyl groups excluding tert-OH is 1. The molecular weight excluding hydrogens is 330 g/mol. The fourth-order valence-corrected chi connectivity index (χ4v) is 3.28. The van der Waals surface area contributed by atoms with Crippen LogP contribution in [0.1, 0.15) is 22.7 Å². The molecule has 0 saturated heterocycles. The fourth-order valence-electron chi connectivity index (χ4n) is 3.28. The number of anilines is 1. The minimum Gasteiger partial charge on any atom is -0.448 e. The van der Waals surface area contributed by atoms with Gasteiger partial charge >= 0.3 is 6.09 Å². The van der Waals surface area contributed by atoms with E-state index in [1.165, 1.54) is 23.5 Å². The maximum absolute atomic E-state index is 12.1. The Morgan fingerprint density at radius 1 is 1.04 bits per heavy atom. The van der Waals surface area contributed by atoms with Gasteiger partial charge in [-0.2, -0.15) is 0 Å². The van der Waals surface area contributed by atoms with Crippen molar-refractivity contribution >= 4 is 11.9 Å². The number of hydrogen-bond acceptors (Lipinski definition) is 5. The van der Waals surface area contributed by atoms with E-state index in [0.717, 1.165) is 11.1 Å². The molecule has 0 radical (unpaired) electrons. The molecule has 0 saturated carbocycles. The summed E-state index contributed by atoms with van der Waals surface area (Å²) in [7, 11) is 0. The monoisotopic (exact) mass is 347 g/mol. The van der Waals surface area contributed by atoms with Gasteiger partial charge in [-0.15, -0.1) is 0 Å². The van der Waals surface area contributed by atoms with E-state index < -0.39 is 6.09 Å². The fraction of sp³-hybridized carbons (Fsp3) is 0.150. The van der Waals surface area contributed by atoms with Crippen LogP contribution in [0.5, 0.6) is 0 Å². The molecule has 3 aromatic rings. The highest BCUT2D eigenvalue weighted by molar-refractivity contribution is 5.83. The van der Waals surface area contributed by atoms with Crippen molar-refractivity contribution in [1.29, 1.82) is 0 Å². The van der Waals surface area contributed by atoms with E-state index in [-0.39, 0.29) is 24.9 Å². The lowest BCUT2D eigenvalue weighted by Crippen LogP contribution is -2.18. The molecule has 1 aliphatic carbocycles. The Bertz CT molecular complexity index is 913. The highest BCUT2D eigenvalue weighted by atomic mass is 16.5. The third-order valence-electron chi connectivity index (χ3n) is 4.42. The number of fused-ring (bicyclic) bond motifs is 3. The number of amides is 1. The van der Waals surface area contributed by atoms with Crippen molar-refractivity contribution in [2.45, 2.75) is 12.5 Å². The van der Waals surface area contributed by atoms with Gasteiger partial charge < -0.3 is 9.84 Å². The van der Waals surface area contributed by atoms with E-state index in [2.05, 4.69) is 39.6 Å². The molecule has 2 N–H and O–H groups in total. The molecule has 1 heterocycles. The predicted molar refractivity (Wildman–Crippen MR) is 96.6 cm³/mol. The second kappa shape index (κ2) is 6.93. The number of hydrogen-bond donors (Lipinski definition) is 2. The first-order chi connectivity index (χ1) is 12.8. The summed E-state index contributed by atoms with van der Waals surface area (Å²) in [4.78, 5) is 20.1. The molecule has 0 atom stereocenters. The van der Waals surface area contributed by atoms with Crippen LogP contribution in [0.3, 0.4) is 0 Å². The quantitative estimate of drug-likeness (QED) is 0.756. The SMILES string of the molecule is O=C(Nc1cncc(CO)n1)OCC1c2ccccc2-c2ccccc21. The van der Waals surface area contributed by atoms with Crippen LogP contribution in [0.4, 0.5) is 10.6 Å². The van der Waals surface area contributed by atoms with Crippen molar-refractivity contribution in [2.75, 3.05) is 11.9 Å². The van der Waals surface area contributed by atoms with Gasteiger partial charge in [0.2, 0.25) is 0 Å². The summed E-state index contributed by atoms with van der Waals surface area (Å²) >= 11 is 0. The van der Waals surface area contributed by atoms with Gasteiger partial charge in [0.25, 0.3) is 0 Å². The molecule has 2 aromatic carbocycles. The third-order valence-corrected chi connectivity index (χ3v) is 4.42. The van der Waals surface area contributed by atoms with Crippen molar-refractivity contribution in [3.63, 3.8) is 0 Å². The summed E-state index contributed by atoms with van der Waals surface area (Å²) in [5.41, 5.74) is 5.05. The number of ether oxygens (including phenoxy) is 1. The van der Waals surface area contributed by atoms with Gasteiger partial charge in [0.1, 0.15) is 6.61 Å². The van der Waals surface area contributed by atoms with Crippen LogP contribution in [0.25, 0.3) is 11.1 Å². The molecular formula is C20H17N3O3. The lowest BCUT2D eigenvalue weighted by Gasteiger charge is -2.14. The zero-order valence-corrected chi connectivity index (χ0v) is 13.9. The van der Waals surface area contributed by atoms with Crippen molar-refractivity contribution in [1.82, 2.24) is 9.97 Å². The van der Waals surface area contributed by atoms with E-state index in [1.807, 2.05) is 24.3 Å². The van der Waals surface area contributed by atoms with Crippen LogP contribution >= 0.6 is 0 Å². The lowest BCUT2D eigenvalue weighted by atomic mass is 9.98. The van der Waals surface area contributed by atoms with Crippen molar-refractivity contribution in [3.8, 4) is 11.1 Å². The highest BCUT2D eigenvalue weighted by Crippen LogP contribution is 2.44. The van der Waals surface area contributed by atoms with Gasteiger partial charge in [0, 0.05) is 5.92 Å². The van der Waals surface area contributed by atoms with Crippen LogP contribution in [0.15, 0.2) is 60.9 Å². The summed E-state index contributed by atoms with van der Waals surface area (Å²) in [5, 5.41) is 11.6. The first kappa shape index (κ1) is 16.2. The minimum atomic E-state index is -0.601. The minimum absolute atomic E-state index is 0.00279. The molecule has 26 heavy (non-hydrogen) atoms. The molecule has 6 nitrogen and oxygen atoms in total. The summed E-state index contributed by atoms with van der Waals surface area (Å²) in [6.45, 7) is -0.0137. The molecule has 0 bridgehead atoms. The van der Waals surface area contributed by atoms with Crippen molar-refractivity contribution in [2.24, 2.45) is 0 Å². The number of nitrogens with one attached hydrogen (secondary N) is 1. The van der Waals surface area contributed by atoms with Crippen molar-refractivity contribution in [3.05, 3.63) is 77.7 Å². The highest BCUT2D eigenvalue weighted by Gasteiger charge is 2.29.